The number of carbonyl (C=O) groups is 2. The Kier molecular flexibility index (Phi) is 7.70. The van der Waals surface area contributed by atoms with E-state index in [0.29, 0.717) is 31.1 Å². The molecule has 2 heterocycles. The lowest BCUT2D eigenvalue weighted by Crippen LogP contribution is -2.39. The standard InChI is InChI=1S/C25H27N3O4S/c1-31-21-9-5-8-20(12-21)17-32-22-14-27(11-10-19-6-3-2-4-7-19)24(29)16-28(15-22)25(30)23-13-26-18-33-23/h2-9,12-13,18,22H,10-11,14-17H2,1H3/t22-/m0/s1. The monoisotopic (exact) mass is 465 g/mol. The molecule has 4 rings (SSSR count). The fourth-order valence-corrected chi connectivity index (χ4v) is 4.40. The van der Waals surface area contributed by atoms with Crippen LogP contribution in [0.5, 0.6) is 5.75 Å². The van der Waals surface area contributed by atoms with Gasteiger partial charge in [-0.05, 0) is 29.7 Å². The molecule has 0 N–H and O–H groups in total. The number of benzene rings is 2. The van der Waals surface area contributed by atoms with Crippen LogP contribution >= 0.6 is 11.3 Å². The van der Waals surface area contributed by atoms with E-state index in [9.17, 15) is 9.59 Å². The molecule has 2 amide bonds. The molecule has 1 atom stereocenters. The first-order chi connectivity index (χ1) is 16.1. The number of ether oxygens (including phenoxy) is 2. The summed E-state index contributed by atoms with van der Waals surface area (Å²) in [6, 6.07) is 17.8. The summed E-state index contributed by atoms with van der Waals surface area (Å²) in [4.78, 5) is 34.0. The Bertz CT molecular complexity index is 1060. The minimum atomic E-state index is -0.310. The van der Waals surface area contributed by atoms with Crippen molar-refractivity contribution in [1.29, 1.82) is 0 Å². The molecule has 0 bridgehead atoms. The topological polar surface area (TPSA) is 72.0 Å². The van der Waals surface area contributed by atoms with Crippen LogP contribution < -0.4 is 4.74 Å². The van der Waals surface area contributed by atoms with Crippen molar-refractivity contribution < 1.29 is 19.1 Å². The van der Waals surface area contributed by atoms with Gasteiger partial charge in [0.15, 0.2) is 0 Å². The maximum Gasteiger partial charge on any atom is 0.266 e. The Morgan fingerprint density at radius 3 is 2.70 bits per heavy atom. The molecule has 8 heteroatoms. The maximum atomic E-state index is 13.1. The van der Waals surface area contributed by atoms with Crippen LogP contribution in [-0.4, -0.2) is 66.0 Å². The molecular formula is C25H27N3O4S. The first-order valence-corrected chi connectivity index (χ1v) is 11.7. The normalized spacial score (nSPS) is 16.5. The fraction of sp³-hybridized carbons (Fsp3) is 0.320. The van der Waals surface area contributed by atoms with Gasteiger partial charge in [-0.1, -0.05) is 42.5 Å². The third-order valence-electron chi connectivity index (χ3n) is 5.59. The second-order valence-electron chi connectivity index (χ2n) is 7.91. The maximum absolute atomic E-state index is 13.1. The molecule has 0 radical (unpaired) electrons. The SMILES string of the molecule is COc1cccc(CO[C@H]2CN(CCc3ccccc3)C(=O)CN(C(=O)c3cncs3)C2)c1. The first-order valence-electron chi connectivity index (χ1n) is 10.9. The third-order valence-corrected chi connectivity index (χ3v) is 6.35. The van der Waals surface area contributed by atoms with Gasteiger partial charge in [0.1, 0.15) is 17.2 Å². The number of aromatic nitrogens is 1. The Balaban J connectivity index is 1.48. The van der Waals surface area contributed by atoms with E-state index >= 15 is 0 Å². The van der Waals surface area contributed by atoms with Gasteiger partial charge in [0.05, 0.1) is 31.5 Å². The first kappa shape index (κ1) is 22.9. The number of hydrogen-bond acceptors (Lipinski definition) is 6. The van der Waals surface area contributed by atoms with Crippen molar-refractivity contribution in [3.8, 4) is 5.75 Å². The Labute approximate surface area is 197 Å². The number of amides is 2. The van der Waals surface area contributed by atoms with Crippen LogP contribution in [0.4, 0.5) is 0 Å². The van der Waals surface area contributed by atoms with Gasteiger partial charge < -0.3 is 19.3 Å². The molecule has 3 aromatic rings. The zero-order chi connectivity index (χ0) is 23.0. The number of carbonyl (C=O) groups excluding carboxylic acids is 2. The summed E-state index contributed by atoms with van der Waals surface area (Å²) in [5, 5.41) is 0. The predicted molar refractivity (Wildman–Crippen MR) is 126 cm³/mol. The average molecular weight is 466 g/mol. The van der Waals surface area contributed by atoms with Crippen LogP contribution in [0.1, 0.15) is 20.8 Å². The highest BCUT2D eigenvalue weighted by Crippen LogP contribution is 2.18. The summed E-state index contributed by atoms with van der Waals surface area (Å²) in [7, 11) is 1.63. The molecule has 0 spiro atoms. The molecule has 0 aliphatic carbocycles. The van der Waals surface area contributed by atoms with Crippen molar-refractivity contribution in [3.63, 3.8) is 0 Å². The van der Waals surface area contributed by atoms with Gasteiger partial charge in [-0.2, -0.15) is 0 Å². The van der Waals surface area contributed by atoms with Crippen LogP contribution in [0.2, 0.25) is 0 Å². The van der Waals surface area contributed by atoms with Crippen LogP contribution in [0.3, 0.4) is 0 Å². The highest BCUT2D eigenvalue weighted by Gasteiger charge is 2.31. The second-order valence-corrected chi connectivity index (χ2v) is 8.80. The highest BCUT2D eigenvalue weighted by atomic mass is 32.1. The molecular weight excluding hydrogens is 438 g/mol. The molecule has 33 heavy (non-hydrogen) atoms. The van der Waals surface area contributed by atoms with Gasteiger partial charge in [-0.25, -0.2) is 0 Å². The van der Waals surface area contributed by atoms with Gasteiger partial charge in [0, 0.05) is 19.6 Å². The summed E-state index contributed by atoms with van der Waals surface area (Å²) in [6.07, 6.45) is 1.98. The van der Waals surface area contributed by atoms with Crippen molar-refractivity contribution in [2.75, 3.05) is 33.3 Å². The summed E-state index contributed by atoms with van der Waals surface area (Å²) in [5.74, 6) is 0.501. The lowest BCUT2D eigenvalue weighted by atomic mass is 10.1. The van der Waals surface area contributed by atoms with Crippen LogP contribution in [0, 0.1) is 0 Å². The molecule has 172 valence electrons. The third kappa shape index (κ3) is 6.18. The van der Waals surface area contributed by atoms with Crippen molar-refractivity contribution in [2.24, 2.45) is 0 Å². The van der Waals surface area contributed by atoms with Crippen molar-refractivity contribution in [3.05, 3.63) is 82.3 Å². The molecule has 7 nitrogen and oxygen atoms in total. The molecule has 2 aromatic carbocycles. The quantitative estimate of drug-likeness (QED) is 0.511. The number of nitrogens with zero attached hydrogens (tertiary/aromatic N) is 3. The lowest BCUT2D eigenvalue weighted by molar-refractivity contribution is -0.131. The number of thiazole rings is 1. The van der Waals surface area contributed by atoms with Crippen LogP contribution in [-0.2, 0) is 22.6 Å². The van der Waals surface area contributed by atoms with Crippen molar-refractivity contribution >= 4 is 23.2 Å². The van der Waals surface area contributed by atoms with E-state index in [1.807, 2.05) is 47.4 Å². The molecule has 1 aliphatic rings. The fourth-order valence-electron chi connectivity index (χ4n) is 3.82. The van der Waals surface area contributed by atoms with E-state index in [2.05, 4.69) is 17.1 Å². The van der Waals surface area contributed by atoms with Gasteiger partial charge in [0.2, 0.25) is 5.91 Å². The van der Waals surface area contributed by atoms with E-state index in [1.165, 1.54) is 16.9 Å². The number of rotatable bonds is 8. The van der Waals surface area contributed by atoms with Crippen molar-refractivity contribution in [1.82, 2.24) is 14.8 Å². The largest absolute Gasteiger partial charge is 0.497 e. The molecule has 0 unspecified atom stereocenters. The highest BCUT2D eigenvalue weighted by molar-refractivity contribution is 7.11. The van der Waals surface area contributed by atoms with Crippen LogP contribution in [0.25, 0.3) is 0 Å². The van der Waals surface area contributed by atoms with Crippen LogP contribution in [0.15, 0.2) is 66.3 Å². The van der Waals surface area contributed by atoms with Crippen molar-refractivity contribution in [2.45, 2.75) is 19.1 Å². The minimum absolute atomic E-state index is 0.0323. The number of hydrogen-bond donors (Lipinski definition) is 0. The Morgan fingerprint density at radius 1 is 1.12 bits per heavy atom. The summed E-state index contributed by atoms with van der Waals surface area (Å²) in [6.45, 7) is 1.75. The van der Waals surface area contributed by atoms with Gasteiger partial charge in [-0.3, -0.25) is 14.6 Å². The Morgan fingerprint density at radius 2 is 1.94 bits per heavy atom. The molecule has 0 saturated carbocycles. The van der Waals surface area contributed by atoms with E-state index in [-0.39, 0.29) is 24.5 Å². The number of methoxy groups -OCH3 is 1. The summed E-state index contributed by atoms with van der Waals surface area (Å²) < 4.78 is 11.5. The minimum Gasteiger partial charge on any atom is -0.497 e. The summed E-state index contributed by atoms with van der Waals surface area (Å²) >= 11 is 1.27. The summed E-state index contributed by atoms with van der Waals surface area (Å²) in [5.41, 5.74) is 3.76. The second kappa shape index (κ2) is 11.1. The van der Waals surface area contributed by atoms with Gasteiger partial charge >= 0.3 is 0 Å². The van der Waals surface area contributed by atoms with E-state index in [0.717, 1.165) is 17.7 Å². The van der Waals surface area contributed by atoms with Gasteiger partial charge in [0.25, 0.3) is 5.91 Å². The Hall–Kier alpha value is -3.23. The molecule has 1 saturated heterocycles. The van der Waals surface area contributed by atoms with E-state index in [1.54, 1.807) is 23.7 Å². The van der Waals surface area contributed by atoms with Gasteiger partial charge in [-0.15, -0.1) is 11.3 Å². The van der Waals surface area contributed by atoms with E-state index in [4.69, 9.17) is 9.47 Å². The zero-order valence-electron chi connectivity index (χ0n) is 18.6. The van der Waals surface area contributed by atoms with E-state index < -0.39 is 0 Å². The molecule has 1 aliphatic heterocycles. The zero-order valence-corrected chi connectivity index (χ0v) is 19.4. The molecule has 1 aromatic heterocycles. The smallest absolute Gasteiger partial charge is 0.266 e. The lowest BCUT2D eigenvalue weighted by Gasteiger charge is -2.25. The average Bonchev–Trinajstić information content (AvgIpc) is 3.34. The molecule has 1 fully saturated rings. The predicted octanol–water partition coefficient (Wildman–Crippen LogP) is 3.26.